The van der Waals surface area contributed by atoms with E-state index in [1.54, 1.807) is 17.7 Å². The molecule has 0 spiro atoms. The molecule has 3 aromatic rings. The molecule has 1 saturated heterocycles. The highest BCUT2D eigenvalue weighted by Crippen LogP contribution is 2.31. The molecule has 28 heavy (non-hydrogen) atoms. The standard InChI is InChI=1S/C18H16ClN5O3S/c19-14-8-12(3-4-15(14)24(26)27)22-17(25)11-2-1-6-23(9-11)16-13-5-7-28-18(13)21-10-20-16/h3-5,7-8,10-11H,1-2,6,9H2,(H,22,25). The van der Waals surface area contributed by atoms with Crippen LogP contribution in [0.15, 0.2) is 36.0 Å². The molecule has 0 saturated carbocycles. The van der Waals surface area contributed by atoms with Crippen LogP contribution in [0, 0.1) is 16.0 Å². The molecular weight excluding hydrogens is 402 g/mol. The highest BCUT2D eigenvalue weighted by Gasteiger charge is 2.28. The average Bonchev–Trinajstić information content (AvgIpc) is 3.16. The van der Waals surface area contributed by atoms with Gasteiger partial charge in [-0.05, 0) is 36.4 Å². The number of piperidine rings is 1. The van der Waals surface area contributed by atoms with Gasteiger partial charge in [-0.2, -0.15) is 0 Å². The maximum Gasteiger partial charge on any atom is 0.288 e. The van der Waals surface area contributed by atoms with Crippen molar-refractivity contribution in [2.75, 3.05) is 23.3 Å². The van der Waals surface area contributed by atoms with Crippen molar-refractivity contribution < 1.29 is 9.72 Å². The number of hydrogen-bond acceptors (Lipinski definition) is 7. The van der Waals surface area contributed by atoms with Gasteiger partial charge in [0.1, 0.15) is 22.0 Å². The van der Waals surface area contributed by atoms with Crippen LogP contribution in [-0.4, -0.2) is 33.9 Å². The Morgan fingerprint density at radius 2 is 2.21 bits per heavy atom. The fraction of sp³-hybridized carbons (Fsp3) is 0.278. The normalized spacial score (nSPS) is 16.9. The lowest BCUT2D eigenvalue weighted by Crippen LogP contribution is -2.41. The van der Waals surface area contributed by atoms with E-state index in [4.69, 9.17) is 11.6 Å². The molecule has 1 aromatic carbocycles. The van der Waals surface area contributed by atoms with Crippen LogP contribution in [0.25, 0.3) is 10.2 Å². The minimum Gasteiger partial charge on any atom is -0.355 e. The second-order valence-corrected chi connectivity index (χ2v) is 7.84. The van der Waals surface area contributed by atoms with E-state index in [-0.39, 0.29) is 22.5 Å². The second kappa shape index (κ2) is 7.69. The molecule has 0 aliphatic carbocycles. The number of nitrogens with zero attached hydrogens (tertiary/aromatic N) is 4. The van der Waals surface area contributed by atoms with E-state index < -0.39 is 4.92 Å². The number of halogens is 1. The molecule has 1 atom stereocenters. The Kier molecular flexibility index (Phi) is 5.10. The molecule has 1 aliphatic heterocycles. The predicted octanol–water partition coefficient (Wildman–Crippen LogP) is 4.11. The molecule has 144 valence electrons. The monoisotopic (exact) mass is 417 g/mol. The molecular formula is C18H16ClN5O3S. The molecule has 1 fully saturated rings. The summed E-state index contributed by atoms with van der Waals surface area (Å²) >= 11 is 7.49. The molecule has 1 unspecified atom stereocenters. The summed E-state index contributed by atoms with van der Waals surface area (Å²) in [6, 6.07) is 6.18. The molecule has 4 rings (SSSR count). The summed E-state index contributed by atoms with van der Waals surface area (Å²) in [6.45, 7) is 1.38. The lowest BCUT2D eigenvalue weighted by atomic mass is 9.97. The number of hydrogen-bond donors (Lipinski definition) is 1. The maximum absolute atomic E-state index is 12.7. The van der Waals surface area contributed by atoms with Crippen molar-refractivity contribution in [1.82, 2.24) is 9.97 Å². The number of nitro groups is 1. The van der Waals surface area contributed by atoms with Crippen LogP contribution in [-0.2, 0) is 4.79 Å². The van der Waals surface area contributed by atoms with Gasteiger partial charge in [-0.1, -0.05) is 11.6 Å². The third-order valence-electron chi connectivity index (χ3n) is 4.74. The Balaban J connectivity index is 1.49. The van der Waals surface area contributed by atoms with Crippen molar-refractivity contribution in [3.63, 3.8) is 0 Å². The summed E-state index contributed by atoms with van der Waals surface area (Å²) in [4.78, 5) is 34.8. The summed E-state index contributed by atoms with van der Waals surface area (Å²) < 4.78 is 0. The van der Waals surface area contributed by atoms with Gasteiger partial charge in [0.05, 0.1) is 16.2 Å². The zero-order chi connectivity index (χ0) is 19.7. The first kappa shape index (κ1) is 18.6. The molecule has 3 heterocycles. The summed E-state index contributed by atoms with van der Waals surface area (Å²) in [6.07, 6.45) is 3.19. The number of carbonyl (C=O) groups is 1. The van der Waals surface area contributed by atoms with Crippen molar-refractivity contribution in [1.29, 1.82) is 0 Å². The Morgan fingerprint density at radius 1 is 1.36 bits per heavy atom. The maximum atomic E-state index is 12.7. The third kappa shape index (κ3) is 3.63. The Hall–Kier alpha value is -2.78. The number of fused-ring (bicyclic) bond motifs is 1. The number of rotatable bonds is 4. The van der Waals surface area contributed by atoms with E-state index in [0.717, 1.165) is 35.4 Å². The van der Waals surface area contributed by atoms with E-state index >= 15 is 0 Å². The molecule has 2 aromatic heterocycles. The lowest BCUT2D eigenvalue weighted by molar-refractivity contribution is -0.384. The highest BCUT2D eigenvalue weighted by atomic mass is 35.5. The smallest absolute Gasteiger partial charge is 0.288 e. The molecule has 10 heteroatoms. The van der Waals surface area contributed by atoms with Crippen molar-refractivity contribution in [3.8, 4) is 0 Å². The fourth-order valence-corrected chi connectivity index (χ4v) is 4.37. The summed E-state index contributed by atoms with van der Waals surface area (Å²) in [5.41, 5.74) is 0.257. The van der Waals surface area contributed by atoms with Crippen LogP contribution in [0.2, 0.25) is 5.02 Å². The van der Waals surface area contributed by atoms with Gasteiger partial charge >= 0.3 is 0 Å². The van der Waals surface area contributed by atoms with Crippen LogP contribution in [0.5, 0.6) is 0 Å². The Morgan fingerprint density at radius 3 is 3.00 bits per heavy atom. The van der Waals surface area contributed by atoms with E-state index in [9.17, 15) is 14.9 Å². The number of nitrogens with one attached hydrogen (secondary N) is 1. The van der Waals surface area contributed by atoms with Crippen molar-refractivity contribution >= 4 is 56.3 Å². The highest BCUT2D eigenvalue weighted by molar-refractivity contribution is 7.16. The van der Waals surface area contributed by atoms with Gasteiger partial charge < -0.3 is 10.2 Å². The lowest BCUT2D eigenvalue weighted by Gasteiger charge is -2.33. The first-order chi connectivity index (χ1) is 13.5. The van der Waals surface area contributed by atoms with E-state index in [0.29, 0.717) is 12.2 Å². The summed E-state index contributed by atoms with van der Waals surface area (Å²) in [5.74, 6) is 0.499. The van der Waals surface area contributed by atoms with Gasteiger partial charge in [-0.3, -0.25) is 14.9 Å². The number of thiophene rings is 1. The number of amides is 1. The van der Waals surface area contributed by atoms with Gasteiger partial charge in [0.15, 0.2) is 0 Å². The number of nitro benzene ring substituents is 1. The molecule has 1 aliphatic rings. The quantitative estimate of drug-likeness (QED) is 0.506. The van der Waals surface area contributed by atoms with Crippen LogP contribution >= 0.6 is 22.9 Å². The zero-order valence-corrected chi connectivity index (χ0v) is 16.2. The minimum absolute atomic E-state index is 0.00564. The first-order valence-corrected chi connectivity index (χ1v) is 9.96. The zero-order valence-electron chi connectivity index (χ0n) is 14.7. The number of benzene rings is 1. The summed E-state index contributed by atoms with van der Waals surface area (Å²) in [5, 5.41) is 16.7. The topological polar surface area (TPSA) is 101 Å². The van der Waals surface area contributed by atoms with E-state index in [1.807, 2.05) is 11.4 Å². The Bertz CT molecular complexity index is 1060. The van der Waals surface area contributed by atoms with Crippen LogP contribution < -0.4 is 10.2 Å². The second-order valence-electron chi connectivity index (χ2n) is 6.53. The van der Waals surface area contributed by atoms with Gasteiger partial charge in [-0.25, -0.2) is 9.97 Å². The van der Waals surface area contributed by atoms with Crippen molar-refractivity contribution in [2.45, 2.75) is 12.8 Å². The van der Waals surface area contributed by atoms with Crippen LogP contribution in [0.4, 0.5) is 17.2 Å². The summed E-state index contributed by atoms with van der Waals surface area (Å²) in [7, 11) is 0. The molecule has 8 nitrogen and oxygen atoms in total. The van der Waals surface area contributed by atoms with Gasteiger partial charge in [0, 0.05) is 24.8 Å². The molecule has 1 amide bonds. The van der Waals surface area contributed by atoms with E-state index in [2.05, 4.69) is 20.2 Å². The molecule has 0 bridgehead atoms. The van der Waals surface area contributed by atoms with Crippen molar-refractivity contribution in [2.24, 2.45) is 5.92 Å². The minimum atomic E-state index is -0.556. The van der Waals surface area contributed by atoms with Crippen LogP contribution in [0.3, 0.4) is 0 Å². The number of anilines is 2. The molecule has 0 radical (unpaired) electrons. The van der Waals surface area contributed by atoms with Gasteiger partial charge in [0.25, 0.3) is 5.69 Å². The van der Waals surface area contributed by atoms with Gasteiger partial charge in [0.2, 0.25) is 5.91 Å². The first-order valence-electron chi connectivity index (χ1n) is 8.71. The largest absolute Gasteiger partial charge is 0.355 e. The predicted molar refractivity (Wildman–Crippen MR) is 109 cm³/mol. The number of carbonyl (C=O) groups excluding carboxylic acids is 1. The average molecular weight is 418 g/mol. The van der Waals surface area contributed by atoms with Crippen molar-refractivity contribution in [3.05, 3.63) is 51.1 Å². The number of aromatic nitrogens is 2. The Labute approximate surface area is 169 Å². The molecule has 1 N–H and O–H groups in total. The SMILES string of the molecule is O=C(Nc1ccc([N+](=O)[O-])c(Cl)c1)C1CCCN(c2ncnc3sccc23)C1. The van der Waals surface area contributed by atoms with E-state index in [1.165, 1.54) is 18.2 Å². The third-order valence-corrected chi connectivity index (χ3v) is 5.87. The fourth-order valence-electron chi connectivity index (χ4n) is 3.39. The van der Waals surface area contributed by atoms with Gasteiger partial charge in [-0.15, -0.1) is 11.3 Å². The van der Waals surface area contributed by atoms with Crippen LogP contribution in [0.1, 0.15) is 12.8 Å².